The molecule has 1 aromatic carbocycles. The molecule has 0 N–H and O–H groups in total. The van der Waals surface area contributed by atoms with Gasteiger partial charge < -0.3 is 9.47 Å². The fraction of sp³-hybridized carbons (Fsp3) is 0.333. The van der Waals surface area contributed by atoms with Gasteiger partial charge in [0.25, 0.3) is 0 Å². The maximum absolute atomic E-state index is 5.47. The van der Waals surface area contributed by atoms with E-state index in [1.807, 2.05) is 37.3 Å². The molecular weight excluding hydrogens is 176 g/mol. The number of hydrogen-bond acceptors (Lipinski definition) is 2. The number of rotatable bonds is 2. The highest BCUT2D eigenvalue weighted by atomic mass is 16.7. The minimum Gasteiger partial charge on any atom is -0.346 e. The molecule has 0 unspecified atom stereocenters. The first-order valence-electron chi connectivity index (χ1n) is 4.85. The van der Waals surface area contributed by atoms with E-state index in [1.165, 1.54) is 5.56 Å². The van der Waals surface area contributed by atoms with Crippen LogP contribution >= 0.6 is 0 Å². The lowest BCUT2D eigenvalue weighted by Gasteiger charge is -2.02. The van der Waals surface area contributed by atoms with Crippen molar-refractivity contribution in [3.05, 3.63) is 42.0 Å². The van der Waals surface area contributed by atoms with Crippen molar-refractivity contribution >= 4 is 6.08 Å². The first-order valence-corrected chi connectivity index (χ1v) is 4.85. The fourth-order valence-electron chi connectivity index (χ4n) is 1.39. The monoisotopic (exact) mass is 190 g/mol. The molecule has 0 amide bonds. The van der Waals surface area contributed by atoms with Crippen LogP contribution < -0.4 is 0 Å². The van der Waals surface area contributed by atoms with E-state index >= 15 is 0 Å². The Morgan fingerprint density at radius 2 is 2.07 bits per heavy atom. The maximum atomic E-state index is 5.47. The van der Waals surface area contributed by atoms with Crippen LogP contribution in [0.15, 0.2) is 36.4 Å². The Bertz CT molecular complexity index is 305. The lowest BCUT2D eigenvalue weighted by atomic mass is 10.2. The van der Waals surface area contributed by atoms with Crippen LogP contribution in [-0.2, 0) is 9.47 Å². The Labute approximate surface area is 84.2 Å². The summed E-state index contributed by atoms with van der Waals surface area (Å²) in [5.74, 6) is 0. The smallest absolute Gasteiger partial charge is 0.177 e. The van der Waals surface area contributed by atoms with Crippen molar-refractivity contribution in [1.29, 1.82) is 0 Å². The van der Waals surface area contributed by atoms with E-state index in [1.54, 1.807) is 0 Å². The molecule has 0 radical (unpaired) electrons. The molecule has 0 saturated carbocycles. The first kappa shape index (κ1) is 9.44. The van der Waals surface area contributed by atoms with Gasteiger partial charge in [0.2, 0.25) is 0 Å². The number of hydrogen-bond donors (Lipinski definition) is 0. The molecule has 1 heterocycles. The largest absolute Gasteiger partial charge is 0.346 e. The van der Waals surface area contributed by atoms with E-state index in [9.17, 15) is 0 Å². The minimum absolute atomic E-state index is 0.176. The number of benzene rings is 1. The SMILES string of the molecule is C[C@@H]1CO[C@H](/C=C\c2ccccc2)O1. The second-order valence-electron chi connectivity index (χ2n) is 3.42. The van der Waals surface area contributed by atoms with Gasteiger partial charge in [-0.15, -0.1) is 0 Å². The van der Waals surface area contributed by atoms with Crippen LogP contribution in [0, 0.1) is 0 Å². The Morgan fingerprint density at radius 3 is 2.71 bits per heavy atom. The molecule has 2 heteroatoms. The van der Waals surface area contributed by atoms with Gasteiger partial charge in [0.15, 0.2) is 6.29 Å². The van der Waals surface area contributed by atoms with E-state index in [2.05, 4.69) is 12.1 Å². The van der Waals surface area contributed by atoms with Crippen molar-refractivity contribution in [3.63, 3.8) is 0 Å². The second kappa shape index (κ2) is 4.40. The third kappa shape index (κ3) is 2.44. The van der Waals surface area contributed by atoms with E-state index in [0.29, 0.717) is 6.61 Å². The Hall–Kier alpha value is -1.12. The van der Waals surface area contributed by atoms with Gasteiger partial charge in [0.1, 0.15) is 0 Å². The summed E-state index contributed by atoms with van der Waals surface area (Å²) in [6, 6.07) is 10.1. The van der Waals surface area contributed by atoms with Crippen molar-refractivity contribution in [1.82, 2.24) is 0 Å². The highest BCUT2D eigenvalue weighted by Crippen LogP contribution is 2.13. The van der Waals surface area contributed by atoms with Crippen LogP contribution in [0.2, 0.25) is 0 Å². The van der Waals surface area contributed by atoms with Crippen LogP contribution in [0.5, 0.6) is 0 Å². The third-order valence-corrected chi connectivity index (χ3v) is 2.11. The van der Waals surface area contributed by atoms with E-state index in [-0.39, 0.29) is 12.4 Å². The van der Waals surface area contributed by atoms with Gasteiger partial charge in [-0.25, -0.2) is 0 Å². The summed E-state index contributed by atoms with van der Waals surface area (Å²) in [6.07, 6.45) is 3.99. The summed E-state index contributed by atoms with van der Waals surface area (Å²) >= 11 is 0. The highest BCUT2D eigenvalue weighted by Gasteiger charge is 2.19. The summed E-state index contributed by atoms with van der Waals surface area (Å²) in [5, 5.41) is 0. The first-order chi connectivity index (χ1) is 6.84. The summed E-state index contributed by atoms with van der Waals surface area (Å²) in [7, 11) is 0. The highest BCUT2D eigenvalue weighted by molar-refractivity contribution is 5.48. The second-order valence-corrected chi connectivity index (χ2v) is 3.42. The summed E-state index contributed by atoms with van der Waals surface area (Å²) in [4.78, 5) is 0. The van der Waals surface area contributed by atoms with Crippen LogP contribution in [-0.4, -0.2) is 19.0 Å². The molecule has 14 heavy (non-hydrogen) atoms. The summed E-state index contributed by atoms with van der Waals surface area (Å²) in [6.45, 7) is 2.69. The van der Waals surface area contributed by atoms with Gasteiger partial charge in [-0.1, -0.05) is 36.4 Å². The van der Waals surface area contributed by atoms with Crippen LogP contribution in [0.25, 0.3) is 6.08 Å². The van der Waals surface area contributed by atoms with Crippen molar-refractivity contribution in [2.24, 2.45) is 0 Å². The molecule has 0 aromatic heterocycles. The van der Waals surface area contributed by atoms with Gasteiger partial charge in [0, 0.05) is 0 Å². The Balaban J connectivity index is 1.94. The zero-order chi connectivity index (χ0) is 9.80. The Morgan fingerprint density at radius 1 is 1.29 bits per heavy atom. The Kier molecular flexibility index (Phi) is 2.96. The average Bonchev–Trinajstić information content (AvgIpc) is 2.63. The molecule has 1 aliphatic heterocycles. The molecule has 0 bridgehead atoms. The topological polar surface area (TPSA) is 18.5 Å². The zero-order valence-corrected chi connectivity index (χ0v) is 8.22. The summed E-state index contributed by atoms with van der Waals surface area (Å²) < 4.78 is 10.9. The van der Waals surface area contributed by atoms with E-state index in [0.717, 1.165) is 0 Å². The van der Waals surface area contributed by atoms with Crippen LogP contribution in [0.4, 0.5) is 0 Å². The molecule has 2 rings (SSSR count). The van der Waals surface area contributed by atoms with E-state index < -0.39 is 0 Å². The molecule has 74 valence electrons. The summed E-state index contributed by atoms with van der Waals surface area (Å²) in [5.41, 5.74) is 1.17. The van der Waals surface area contributed by atoms with Crippen molar-refractivity contribution < 1.29 is 9.47 Å². The van der Waals surface area contributed by atoms with Crippen molar-refractivity contribution in [3.8, 4) is 0 Å². The van der Waals surface area contributed by atoms with E-state index in [4.69, 9.17) is 9.47 Å². The van der Waals surface area contributed by atoms with Crippen molar-refractivity contribution in [2.75, 3.05) is 6.61 Å². The van der Waals surface area contributed by atoms with Crippen LogP contribution in [0.1, 0.15) is 12.5 Å². The molecule has 0 aliphatic carbocycles. The van der Waals surface area contributed by atoms with Crippen molar-refractivity contribution in [2.45, 2.75) is 19.3 Å². The normalized spacial score (nSPS) is 27.2. The predicted octanol–water partition coefficient (Wildman–Crippen LogP) is 2.46. The quantitative estimate of drug-likeness (QED) is 0.713. The van der Waals surface area contributed by atoms with Crippen LogP contribution in [0.3, 0.4) is 0 Å². The standard InChI is InChI=1S/C12H14O2/c1-10-9-13-12(14-10)8-7-11-5-3-2-4-6-11/h2-8,10,12H,9H2,1H3/b8-7-/t10-,12+/m1/s1. The average molecular weight is 190 g/mol. The lowest BCUT2D eigenvalue weighted by Crippen LogP contribution is -2.05. The third-order valence-electron chi connectivity index (χ3n) is 2.11. The van der Waals surface area contributed by atoms with Gasteiger partial charge in [0.05, 0.1) is 12.7 Å². The molecule has 1 aromatic rings. The molecule has 1 fully saturated rings. The number of ether oxygens (including phenoxy) is 2. The molecule has 1 saturated heterocycles. The minimum atomic E-state index is -0.176. The van der Waals surface area contributed by atoms with Gasteiger partial charge in [-0.2, -0.15) is 0 Å². The van der Waals surface area contributed by atoms with Gasteiger partial charge in [-0.05, 0) is 18.6 Å². The lowest BCUT2D eigenvalue weighted by molar-refractivity contribution is -0.0155. The molecule has 2 atom stereocenters. The molecule has 0 spiro atoms. The van der Waals surface area contributed by atoms with Gasteiger partial charge >= 0.3 is 0 Å². The zero-order valence-electron chi connectivity index (χ0n) is 8.22. The molecular formula is C12H14O2. The molecule has 2 nitrogen and oxygen atoms in total. The maximum Gasteiger partial charge on any atom is 0.177 e. The fourth-order valence-corrected chi connectivity index (χ4v) is 1.39. The van der Waals surface area contributed by atoms with Gasteiger partial charge in [-0.3, -0.25) is 0 Å². The predicted molar refractivity (Wildman–Crippen MR) is 55.8 cm³/mol. The molecule has 1 aliphatic rings.